The van der Waals surface area contributed by atoms with Crippen LogP contribution in [-0.2, 0) is 6.61 Å². The molecule has 8 nitrogen and oxygen atoms in total. The van der Waals surface area contributed by atoms with Gasteiger partial charge in [0.15, 0.2) is 11.5 Å². The summed E-state index contributed by atoms with van der Waals surface area (Å²) in [5.41, 5.74) is 0.513. The Bertz CT molecular complexity index is 774. The van der Waals surface area contributed by atoms with Crippen molar-refractivity contribution in [3.05, 3.63) is 80.0 Å². The van der Waals surface area contributed by atoms with Gasteiger partial charge < -0.3 is 9.47 Å². The molecular formula is C16H14N2O6. The van der Waals surface area contributed by atoms with Crippen LogP contribution >= 0.6 is 0 Å². The molecule has 2 rings (SSSR count). The summed E-state index contributed by atoms with van der Waals surface area (Å²) in [5.74, 6) is 0.327. The quantitative estimate of drug-likeness (QED) is 0.569. The van der Waals surface area contributed by atoms with Gasteiger partial charge in [0, 0.05) is 12.1 Å². The van der Waals surface area contributed by atoms with Crippen molar-refractivity contribution in [2.45, 2.75) is 6.61 Å². The van der Waals surface area contributed by atoms with Gasteiger partial charge in [-0.2, -0.15) is 0 Å². The van der Waals surface area contributed by atoms with Gasteiger partial charge >= 0.3 is 0 Å². The lowest BCUT2D eigenvalue weighted by molar-refractivity contribution is -0.401. The number of hydrogen-bond donors (Lipinski definition) is 0. The largest absolute Gasteiger partial charge is 0.493 e. The zero-order valence-corrected chi connectivity index (χ0v) is 12.7. The minimum atomic E-state index is -0.704. The fourth-order valence-corrected chi connectivity index (χ4v) is 2.06. The number of benzene rings is 2. The van der Waals surface area contributed by atoms with E-state index in [9.17, 15) is 20.2 Å². The number of methoxy groups -OCH3 is 1. The summed E-state index contributed by atoms with van der Waals surface area (Å²) in [5, 5.41) is 21.8. The van der Waals surface area contributed by atoms with E-state index in [4.69, 9.17) is 9.47 Å². The standard InChI is InChI=1S/C16H14N2O6/c1-23-15-8-7-14(18(21)22)13(9-10-17(19)20)16(15)24-11-12-5-3-2-4-6-12/h2-10H,11H2,1H3. The fraction of sp³-hybridized carbons (Fsp3) is 0.125. The normalized spacial score (nSPS) is 10.5. The molecule has 0 aliphatic carbocycles. The summed E-state index contributed by atoms with van der Waals surface area (Å²) < 4.78 is 10.8. The molecule has 0 aliphatic heterocycles. The van der Waals surface area contributed by atoms with Crippen LogP contribution in [0.15, 0.2) is 48.7 Å². The van der Waals surface area contributed by atoms with E-state index in [1.54, 1.807) is 0 Å². The van der Waals surface area contributed by atoms with Crippen LogP contribution in [0.5, 0.6) is 11.5 Å². The molecule has 0 fully saturated rings. The highest BCUT2D eigenvalue weighted by molar-refractivity contribution is 5.71. The monoisotopic (exact) mass is 330 g/mol. The van der Waals surface area contributed by atoms with Crippen LogP contribution in [0.1, 0.15) is 11.1 Å². The predicted molar refractivity (Wildman–Crippen MR) is 86.5 cm³/mol. The van der Waals surface area contributed by atoms with E-state index < -0.39 is 9.85 Å². The Morgan fingerprint density at radius 2 is 1.79 bits per heavy atom. The summed E-state index contributed by atoms with van der Waals surface area (Å²) in [6.45, 7) is 0.137. The average Bonchev–Trinajstić information content (AvgIpc) is 2.58. The molecule has 0 heterocycles. The minimum Gasteiger partial charge on any atom is -0.493 e. The Labute approximate surface area is 137 Å². The zero-order valence-electron chi connectivity index (χ0n) is 12.7. The van der Waals surface area contributed by atoms with Crippen LogP contribution in [0.4, 0.5) is 5.69 Å². The number of hydrogen-bond acceptors (Lipinski definition) is 6. The summed E-state index contributed by atoms with van der Waals surface area (Å²) in [4.78, 5) is 20.4. The number of nitrogens with zero attached hydrogens (tertiary/aromatic N) is 2. The molecule has 0 amide bonds. The SMILES string of the molecule is COc1ccc([N+](=O)[O-])c(C=C[N+](=O)[O-])c1OCc1ccccc1. The first-order chi connectivity index (χ1) is 11.5. The first-order valence-electron chi connectivity index (χ1n) is 6.86. The Balaban J connectivity index is 2.46. The van der Waals surface area contributed by atoms with Crippen LogP contribution in [0, 0.1) is 20.2 Å². The van der Waals surface area contributed by atoms with Crippen molar-refractivity contribution >= 4 is 11.8 Å². The van der Waals surface area contributed by atoms with Gasteiger partial charge in [0.2, 0.25) is 6.20 Å². The Hall–Kier alpha value is -3.42. The molecule has 0 bridgehead atoms. The van der Waals surface area contributed by atoms with Crippen LogP contribution in [0.2, 0.25) is 0 Å². The van der Waals surface area contributed by atoms with E-state index in [0.717, 1.165) is 11.6 Å². The van der Waals surface area contributed by atoms with Gasteiger partial charge in [0.05, 0.1) is 17.0 Å². The lowest BCUT2D eigenvalue weighted by Crippen LogP contribution is -2.02. The Morgan fingerprint density at radius 3 is 2.38 bits per heavy atom. The highest BCUT2D eigenvalue weighted by Crippen LogP contribution is 2.38. The van der Waals surface area contributed by atoms with Gasteiger partial charge in [-0.05, 0) is 11.6 Å². The fourth-order valence-electron chi connectivity index (χ4n) is 2.06. The Kier molecular flexibility index (Phi) is 5.45. The second-order valence-electron chi connectivity index (χ2n) is 4.66. The van der Waals surface area contributed by atoms with Crippen molar-refractivity contribution in [3.8, 4) is 11.5 Å². The third-order valence-corrected chi connectivity index (χ3v) is 3.14. The van der Waals surface area contributed by atoms with Gasteiger partial charge in [-0.1, -0.05) is 30.3 Å². The zero-order chi connectivity index (χ0) is 17.5. The third-order valence-electron chi connectivity index (χ3n) is 3.14. The molecule has 0 spiro atoms. The minimum absolute atomic E-state index is 0.0213. The average molecular weight is 330 g/mol. The molecule has 2 aromatic rings. The maximum Gasteiger partial charge on any atom is 0.280 e. The molecule has 0 saturated carbocycles. The predicted octanol–water partition coefficient (Wildman–Crippen LogP) is 3.43. The summed E-state index contributed by atoms with van der Waals surface area (Å²) >= 11 is 0. The highest BCUT2D eigenvalue weighted by atomic mass is 16.6. The van der Waals surface area contributed by atoms with Gasteiger partial charge in [-0.15, -0.1) is 0 Å². The van der Waals surface area contributed by atoms with Crippen LogP contribution < -0.4 is 9.47 Å². The number of nitro groups is 2. The van der Waals surface area contributed by atoms with Crippen molar-refractivity contribution in [2.75, 3.05) is 7.11 Å². The maximum absolute atomic E-state index is 11.2. The van der Waals surface area contributed by atoms with Crippen LogP contribution in [0.3, 0.4) is 0 Å². The first-order valence-corrected chi connectivity index (χ1v) is 6.86. The van der Waals surface area contributed by atoms with Crippen molar-refractivity contribution in [1.29, 1.82) is 0 Å². The number of ether oxygens (including phenoxy) is 2. The van der Waals surface area contributed by atoms with Crippen molar-refractivity contribution in [1.82, 2.24) is 0 Å². The Morgan fingerprint density at radius 1 is 1.08 bits per heavy atom. The molecule has 24 heavy (non-hydrogen) atoms. The van der Waals surface area contributed by atoms with Gasteiger partial charge in [-0.25, -0.2) is 0 Å². The van der Waals surface area contributed by atoms with E-state index in [-0.39, 0.29) is 29.4 Å². The van der Waals surface area contributed by atoms with Crippen LogP contribution in [0.25, 0.3) is 6.08 Å². The topological polar surface area (TPSA) is 105 Å². The molecule has 2 aromatic carbocycles. The van der Waals surface area contributed by atoms with E-state index in [0.29, 0.717) is 6.20 Å². The van der Waals surface area contributed by atoms with E-state index >= 15 is 0 Å². The molecule has 8 heteroatoms. The number of nitro benzene ring substituents is 1. The lowest BCUT2D eigenvalue weighted by Gasteiger charge is -2.13. The van der Waals surface area contributed by atoms with E-state index in [2.05, 4.69) is 0 Å². The second-order valence-corrected chi connectivity index (χ2v) is 4.66. The summed E-state index contributed by atoms with van der Waals surface area (Å²) in [6, 6.07) is 11.8. The van der Waals surface area contributed by atoms with Crippen molar-refractivity contribution in [2.24, 2.45) is 0 Å². The molecule has 0 N–H and O–H groups in total. The molecule has 0 atom stereocenters. The van der Waals surface area contributed by atoms with Gasteiger partial charge in [0.1, 0.15) is 12.2 Å². The smallest absolute Gasteiger partial charge is 0.280 e. The molecule has 0 radical (unpaired) electrons. The van der Waals surface area contributed by atoms with Gasteiger partial charge in [-0.3, -0.25) is 20.2 Å². The number of rotatable bonds is 7. The summed E-state index contributed by atoms with van der Waals surface area (Å²) in [7, 11) is 1.39. The summed E-state index contributed by atoms with van der Waals surface area (Å²) in [6.07, 6.45) is 1.65. The molecule has 0 aromatic heterocycles. The molecule has 0 unspecified atom stereocenters. The van der Waals surface area contributed by atoms with Gasteiger partial charge in [0.25, 0.3) is 5.69 Å². The molecule has 0 aliphatic rings. The van der Waals surface area contributed by atoms with Crippen molar-refractivity contribution in [3.63, 3.8) is 0 Å². The highest BCUT2D eigenvalue weighted by Gasteiger charge is 2.22. The molecule has 124 valence electrons. The molecule has 0 saturated heterocycles. The lowest BCUT2D eigenvalue weighted by atomic mass is 10.1. The van der Waals surface area contributed by atoms with E-state index in [1.807, 2.05) is 30.3 Å². The first kappa shape index (κ1) is 16.9. The maximum atomic E-state index is 11.2. The van der Waals surface area contributed by atoms with Crippen LogP contribution in [-0.4, -0.2) is 17.0 Å². The van der Waals surface area contributed by atoms with Crippen molar-refractivity contribution < 1.29 is 19.3 Å². The molecular weight excluding hydrogens is 316 g/mol. The third kappa shape index (κ3) is 4.07. The second kappa shape index (κ2) is 7.73. The van der Waals surface area contributed by atoms with E-state index in [1.165, 1.54) is 19.2 Å².